The van der Waals surface area contributed by atoms with Gasteiger partial charge in [-0.25, -0.2) is 26.5 Å². The maximum absolute atomic E-state index is 14.5. The van der Waals surface area contributed by atoms with Crippen molar-refractivity contribution in [3.8, 4) is 17.2 Å². The second kappa shape index (κ2) is 18.5. The molecular formula is C42H41N5O11S2. The first kappa shape index (κ1) is 43.0. The Morgan fingerprint density at radius 1 is 0.767 bits per heavy atom. The van der Waals surface area contributed by atoms with Gasteiger partial charge in [0.2, 0.25) is 31.9 Å². The number of benzene rings is 5. The summed E-state index contributed by atoms with van der Waals surface area (Å²) in [4.78, 5) is 45.2. The van der Waals surface area contributed by atoms with Gasteiger partial charge in [0.25, 0.3) is 11.5 Å². The van der Waals surface area contributed by atoms with Crippen molar-refractivity contribution >= 4 is 54.0 Å². The molecule has 5 aromatic carbocycles. The highest BCUT2D eigenvalue weighted by molar-refractivity contribution is 7.91. The van der Waals surface area contributed by atoms with Gasteiger partial charge < -0.3 is 29.6 Å². The molecule has 1 heterocycles. The molecule has 1 unspecified atom stereocenters. The van der Waals surface area contributed by atoms with Crippen LogP contribution in [-0.2, 0) is 47.3 Å². The highest BCUT2D eigenvalue weighted by atomic mass is 32.2. The lowest BCUT2D eigenvalue weighted by molar-refractivity contribution is -0.123. The number of carbonyl (C=O) groups excluding carboxylic acids is 2. The van der Waals surface area contributed by atoms with Crippen LogP contribution in [0, 0.1) is 0 Å². The first-order chi connectivity index (χ1) is 28.7. The van der Waals surface area contributed by atoms with E-state index in [-0.39, 0.29) is 67.4 Å². The fourth-order valence-corrected chi connectivity index (χ4v) is 8.08. The van der Waals surface area contributed by atoms with Crippen molar-refractivity contribution in [2.75, 3.05) is 38.5 Å². The topological polar surface area (TPSA) is 210 Å². The normalized spacial score (nSPS) is 12.1. The van der Waals surface area contributed by atoms with Crippen LogP contribution in [-0.4, -0.2) is 66.1 Å². The summed E-state index contributed by atoms with van der Waals surface area (Å²) in [6.45, 7) is 1.52. The smallest absolute Gasteiger partial charge is 0.273 e. The van der Waals surface area contributed by atoms with Crippen LogP contribution in [0.5, 0.6) is 17.2 Å². The average Bonchev–Trinajstić information content (AvgIpc) is 3.25. The lowest BCUT2D eigenvalue weighted by Gasteiger charge is -2.23. The van der Waals surface area contributed by atoms with Crippen molar-refractivity contribution in [3.05, 3.63) is 137 Å². The molecule has 6 rings (SSSR count). The highest BCUT2D eigenvalue weighted by Crippen LogP contribution is 2.32. The van der Waals surface area contributed by atoms with E-state index in [2.05, 4.69) is 15.4 Å². The second-order valence-corrected chi connectivity index (χ2v) is 16.9. The molecule has 1 atom stereocenters. The van der Waals surface area contributed by atoms with Crippen LogP contribution in [0.25, 0.3) is 10.9 Å². The van der Waals surface area contributed by atoms with Crippen molar-refractivity contribution in [1.82, 2.24) is 14.3 Å². The summed E-state index contributed by atoms with van der Waals surface area (Å²) in [6, 6.07) is 29.2. The Bertz CT molecular complexity index is 2800. The van der Waals surface area contributed by atoms with E-state index >= 15 is 0 Å². The van der Waals surface area contributed by atoms with Crippen LogP contribution in [0.15, 0.2) is 135 Å². The number of sulfone groups is 1. The Hall–Kier alpha value is -6.60. The van der Waals surface area contributed by atoms with Crippen molar-refractivity contribution < 1.29 is 45.4 Å². The molecule has 60 heavy (non-hydrogen) atoms. The zero-order chi connectivity index (χ0) is 43.0. The van der Waals surface area contributed by atoms with Crippen molar-refractivity contribution in [2.24, 2.45) is 0 Å². The van der Waals surface area contributed by atoms with E-state index < -0.39 is 43.3 Å². The number of para-hydroxylation sites is 1. The molecule has 0 saturated heterocycles. The Kier molecular flexibility index (Phi) is 13.3. The summed E-state index contributed by atoms with van der Waals surface area (Å²) in [6.07, 6.45) is -1.76. The number of carbonyl (C=O) groups is 2. The third-order valence-electron chi connectivity index (χ3n) is 9.10. The minimum absolute atomic E-state index is 0.0000185. The van der Waals surface area contributed by atoms with Gasteiger partial charge >= 0.3 is 0 Å². The minimum atomic E-state index is -4.03. The van der Waals surface area contributed by atoms with Crippen molar-refractivity contribution in [1.29, 1.82) is 0 Å². The first-order valence-electron chi connectivity index (χ1n) is 18.3. The van der Waals surface area contributed by atoms with Crippen LogP contribution in [0.1, 0.15) is 24.4 Å². The van der Waals surface area contributed by atoms with Crippen LogP contribution >= 0.6 is 0 Å². The Morgan fingerprint density at radius 3 is 2.03 bits per heavy atom. The van der Waals surface area contributed by atoms with E-state index in [9.17, 15) is 31.2 Å². The number of methoxy groups -OCH3 is 2. The number of fused-ring (bicyclic) bond motifs is 1. The van der Waals surface area contributed by atoms with E-state index in [1.807, 2.05) is 30.3 Å². The molecule has 1 aromatic heterocycles. The molecular weight excluding hydrogens is 815 g/mol. The average molecular weight is 856 g/mol. The third-order valence-corrected chi connectivity index (χ3v) is 12.3. The number of nitrogens with one attached hydrogen (secondary N) is 3. The molecule has 0 radical (unpaired) electrons. The molecule has 0 saturated carbocycles. The third kappa shape index (κ3) is 9.64. The summed E-state index contributed by atoms with van der Waals surface area (Å²) < 4.78 is 79.0. The van der Waals surface area contributed by atoms with Gasteiger partial charge in [0, 0.05) is 14.0 Å². The van der Waals surface area contributed by atoms with E-state index in [0.717, 1.165) is 5.56 Å². The number of anilines is 2. The largest absolute Gasteiger partial charge is 0.495 e. The molecule has 2 amide bonds. The molecule has 0 aliphatic carbocycles. The van der Waals surface area contributed by atoms with E-state index in [1.165, 1.54) is 93.4 Å². The molecule has 0 aliphatic heterocycles. The summed E-state index contributed by atoms with van der Waals surface area (Å²) >= 11 is 0. The van der Waals surface area contributed by atoms with Gasteiger partial charge in [0.05, 0.1) is 51.7 Å². The monoisotopic (exact) mass is 855 g/mol. The van der Waals surface area contributed by atoms with Gasteiger partial charge in [-0.3, -0.25) is 19.0 Å². The van der Waals surface area contributed by atoms with E-state index in [4.69, 9.17) is 23.9 Å². The lowest BCUT2D eigenvalue weighted by atomic mass is 10.1. The molecule has 0 fully saturated rings. The minimum Gasteiger partial charge on any atom is -0.495 e. The number of rotatable bonds is 17. The molecule has 0 bridgehead atoms. The highest BCUT2D eigenvalue weighted by Gasteiger charge is 2.31. The van der Waals surface area contributed by atoms with Crippen LogP contribution < -0.4 is 35.1 Å². The molecule has 18 heteroatoms. The Morgan fingerprint density at radius 2 is 1.42 bits per heavy atom. The number of sulfonamides is 1. The maximum atomic E-state index is 14.5. The van der Waals surface area contributed by atoms with Gasteiger partial charge in [0.15, 0.2) is 5.82 Å². The van der Waals surface area contributed by atoms with Gasteiger partial charge in [0.1, 0.15) is 29.4 Å². The fourth-order valence-electron chi connectivity index (χ4n) is 6.07. The zero-order valence-corrected chi connectivity index (χ0v) is 34.5. The standard InChI is InChI=1S/C42H41N5O11S2/c1-27(48)44-35-12-8-11-34-38(35)46-40(47(42(34)50)23-24-55-3)39(41(49)45-36-25-33(60(53,54)43-2)21-22-37(36)56-4)58-30-15-19-32(20-16-30)59(51,52)31-17-13-29(14-18-31)57-26-28-9-6-5-7-10-28/h5-22,25,39,43H,23-24,26H2,1-4H3,(H,44,48)(H,45,49). The molecule has 312 valence electrons. The summed E-state index contributed by atoms with van der Waals surface area (Å²) in [7, 11) is -4.01. The van der Waals surface area contributed by atoms with Crippen molar-refractivity contribution in [2.45, 2.75) is 40.9 Å². The predicted molar refractivity (Wildman–Crippen MR) is 223 cm³/mol. The fraction of sp³-hybridized carbons (Fsp3) is 0.190. The van der Waals surface area contributed by atoms with E-state index in [1.54, 1.807) is 24.3 Å². The van der Waals surface area contributed by atoms with Crippen LogP contribution in [0.4, 0.5) is 11.4 Å². The number of hydrogen-bond acceptors (Lipinski definition) is 12. The maximum Gasteiger partial charge on any atom is 0.273 e. The Balaban J connectivity index is 1.39. The second-order valence-electron chi connectivity index (χ2n) is 13.1. The molecule has 6 aromatic rings. The quantitative estimate of drug-likeness (QED) is 0.110. The summed E-state index contributed by atoms with van der Waals surface area (Å²) in [5.74, 6) is -1.00. The number of nitrogens with zero attached hydrogens (tertiary/aromatic N) is 2. The van der Waals surface area contributed by atoms with E-state index in [0.29, 0.717) is 12.4 Å². The Labute approximate surface area is 346 Å². The van der Waals surface area contributed by atoms with Gasteiger partial charge in [-0.05, 0) is 91.5 Å². The molecule has 3 N–H and O–H groups in total. The number of aromatic nitrogens is 2. The molecule has 16 nitrogen and oxygen atoms in total. The summed E-state index contributed by atoms with van der Waals surface area (Å²) in [5, 5.41) is 5.43. The zero-order valence-electron chi connectivity index (χ0n) is 32.9. The van der Waals surface area contributed by atoms with Gasteiger partial charge in [-0.2, -0.15) is 0 Å². The SMILES string of the molecule is CNS(=O)(=O)c1ccc(OC)c(NC(=O)C(Oc2ccc(S(=O)(=O)c3ccc(OCc4ccccc4)cc3)cc2)c2nc3c(NC(C)=O)cccc3c(=O)n2CCOC)c1. The lowest BCUT2D eigenvalue weighted by Crippen LogP contribution is -2.35. The predicted octanol–water partition coefficient (Wildman–Crippen LogP) is 5.09. The van der Waals surface area contributed by atoms with Crippen molar-refractivity contribution in [3.63, 3.8) is 0 Å². The first-order valence-corrected chi connectivity index (χ1v) is 21.2. The van der Waals surface area contributed by atoms with Gasteiger partial charge in [-0.15, -0.1) is 0 Å². The van der Waals surface area contributed by atoms with Gasteiger partial charge in [-0.1, -0.05) is 36.4 Å². The number of hydrogen-bond donors (Lipinski definition) is 3. The van der Waals surface area contributed by atoms with Crippen LogP contribution in [0.3, 0.4) is 0 Å². The molecule has 0 spiro atoms. The number of ether oxygens (including phenoxy) is 4. The summed E-state index contributed by atoms with van der Waals surface area (Å²) in [5.41, 5.74) is 0.553. The van der Waals surface area contributed by atoms with Crippen LogP contribution in [0.2, 0.25) is 0 Å². The molecule has 0 aliphatic rings. The number of amides is 2.